The molecule has 4 aromatic rings. The van der Waals surface area contributed by atoms with Crippen molar-refractivity contribution < 1.29 is 0 Å². The van der Waals surface area contributed by atoms with Crippen LogP contribution >= 0.6 is 0 Å². The summed E-state index contributed by atoms with van der Waals surface area (Å²) in [6.07, 6.45) is 3.53. The van der Waals surface area contributed by atoms with Gasteiger partial charge in [0.25, 0.3) is 0 Å². The molecule has 0 saturated carbocycles. The van der Waals surface area contributed by atoms with Gasteiger partial charge in [0.2, 0.25) is 0 Å². The minimum Gasteiger partial charge on any atom is -0.255 e. The molecule has 3 aromatic heterocycles. The number of hydrogen-bond acceptors (Lipinski definition) is 4. The normalized spacial score (nSPS) is 10.8. The molecule has 0 unspecified atom stereocenters. The van der Waals surface area contributed by atoms with Gasteiger partial charge in [0.15, 0.2) is 0 Å². The summed E-state index contributed by atoms with van der Waals surface area (Å²) in [4.78, 5) is 18.5. The number of rotatable bonds is 2. The van der Waals surface area contributed by atoms with Crippen LogP contribution in [0.1, 0.15) is 5.56 Å². The molecule has 0 aliphatic rings. The third kappa shape index (κ3) is 2.44. The summed E-state index contributed by atoms with van der Waals surface area (Å²) in [5, 5.41) is 0. The van der Waals surface area contributed by atoms with E-state index in [9.17, 15) is 0 Å². The maximum absolute atomic E-state index is 4.86. The molecule has 0 atom stereocenters. The van der Waals surface area contributed by atoms with E-state index in [4.69, 9.17) is 9.97 Å². The van der Waals surface area contributed by atoms with Gasteiger partial charge in [-0.3, -0.25) is 9.97 Å². The number of hydrogen-bond donors (Lipinski definition) is 0. The van der Waals surface area contributed by atoms with Crippen LogP contribution < -0.4 is 0 Å². The summed E-state index contributed by atoms with van der Waals surface area (Å²) in [6, 6.07) is 17.6. The van der Waals surface area contributed by atoms with Crippen LogP contribution in [0.5, 0.6) is 0 Å². The zero-order valence-electron chi connectivity index (χ0n) is 12.6. The molecule has 1 aromatic carbocycles. The van der Waals surface area contributed by atoms with E-state index in [1.165, 1.54) is 0 Å². The van der Waals surface area contributed by atoms with Gasteiger partial charge in [-0.25, -0.2) is 9.97 Å². The topological polar surface area (TPSA) is 51.6 Å². The van der Waals surface area contributed by atoms with Crippen molar-refractivity contribution in [2.24, 2.45) is 0 Å². The molecule has 110 valence electrons. The van der Waals surface area contributed by atoms with Crippen molar-refractivity contribution in [3.05, 3.63) is 72.6 Å². The van der Waals surface area contributed by atoms with Gasteiger partial charge in [0.1, 0.15) is 11.4 Å². The molecule has 23 heavy (non-hydrogen) atoms. The second-order valence-electron chi connectivity index (χ2n) is 5.29. The summed E-state index contributed by atoms with van der Waals surface area (Å²) >= 11 is 0. The molecule has 0 N–H and O–H groups in total. The highest BCUT2D eigenvalue weighted by Crippen LogP contribution is 2.29. The molecule has 4 nitrogen and oxygen atoms in total. The summed E-state index contributed by atoms with van der Waals surface area (Å²) in [5.41, 5.74) is 5.96. The minimum atomic E-state index is 0.752. The van der Waals surface area contributed by atoms with Gasteiger partial charge in [-0.15, -0.1) is 0 Å². The Hall–Kier alpha value is -3.14. The van der Waals surface area contributed by atoms with Gasteiger partial charge < -0.3 is 0 Å². The lowest BCUT2D eigenvalue weighted by Gasteiger charge is -2.10. The van der Waals surface area contributed by atoms with Gasteiger partial charge in [0.05, 0.1) is 22.4 Å². The van der Waals surface area contributed by atoms with Gasteiger partial charge >= 0.3 is 0 Å². The highest BCUT2D eigenvalue weighted by Gasteiger charge is 2.15. The number of para-hydroxylation sites is 1. The zero-order valence-corrected chi connectivity index (χ0v) is 12.6. The van der Waals surface area contributed by atoms with E-state index in [0.29, 0.717) is 0 Å². The van der Waals surface area contributed by atoms with E-state index in [1.54, 1.807) is 12.4 Å². The molecule has 4 heteroatoms. The molecule has 0 amide bonds. The first kappa shape index (κ1) is 13.5. The molecule has 4 rings (SSSR count). The monoisotopic (exact) mass is 298 g/mol. The van der Waals surface area contributed by atoms with E-state index in [-0.39, 0.29) is 0 Å². The molecule has 0 aliphatic heterocycles. The van der Waals surface area contributed by atoms with Crippen molar-refractivity contribution in [2.45, 2.75) is 6.92 Å². The van der Waals surface area contributed by atoms with Crippen LogP contribution in [0.4, 0.5) is 0 Å². The number of nitrogens with zero attached hydrogens (tertiary/aromatic N) is 4. The molecule has 0 spiro atoms. The fraction of sp³-hybridized carbons (Fsp3) is 0.0526. The lowest BCUT2D eigenvalue weighted by Crippen LogP contribution is -1.98. The number of aryl methyl sites for hydroxylation is 1. The van der Waals surface area contributed by atoms with E-state index in [1.807, 2.05) is 61.5 Å². The number of benzene rings is 1. The Kier molecular flexibility index (Phi) is 3.27. The maximum atomic E-state index is 4.86. The smallest absolute Gasteiger partial charge is 0.117 e. The average molecular weight is 298 g/mol. The van der Waals surface area contributed by atoms with Crippen molar-refractivity contribution in [3.8, 4) is 22.8 Å². The van der Waals surface area contributed by atoms with Gasteiger partial charge in [0, 0.05) is 12.4 Å². The lowest BCUT2D eigenvalue weighted by molar-refractivity contribution is 1.20. The second kappa shape index (κ2) is 5.57. The Morgan fingerprint density at radius 3 is 1.91 bits per heavy atom. The van der Waals surface area contributed by atoms with Gasteiger partial charge in [-0.05, 0) is 42.8 Å². The van der Waals surface area contributed by atoms with E-state index in [0.717, 1.165) is 39.4 Å². The average Bonchev–Trinajstić information content (AvgIpc) is 2.63. The molecule has 0 fully saturated rings. The molecule has 3 heterocycles. The van der Waals surface area contributed by atoms with E-state index >= 15 is 0 Å². The van der Waals surface area contributed by atoms with Crippen LogP contribution in [0.15, 0.2) is 67.0 Å². The van der Waals surface area contributed by atoms with Crippen molar-refractivity contribution in [2.75, 3.05) is 0 Å². The fourth-order valence-corrected chi connectivity index (χ4v) is 2.58. The first-order chi connectivity index (χ1) is 11.3. The first-order valence-electron chi connectivity index (χ1n) is 7.43. The first-order valence-corrected chi connectivity index (χ1v) is 7.43. The third-order valence-electron chi connectivity index (χ3n) is 3.71. The molecule has 0 radical (unpaired) electrons. The molecule has 0 bridgehead atoms. The Labute approximate surface area is 133 Å². The predicted molar refractivity (Wildman–Crippen MR) is 90.7 cm³/mol. The Balaban J connectivity index is 2.07. The van der Waals surface area contributed by atoms with Gasteiger partial charge in [-0.1, -0.05) is 24.3 Å². The predicted octanol–water partition coefficient (Wildman–Crippen LogP) is 4.06. The highest BCUT2D eigenvalue weighted by atomic mass is 14.9. The van der Waals surface area contributed by atoms with Crippen molar-refractivity contribution in [1.82, 2.24) is 19.9 Å². The highest BCUT2D eigenvalue weighted by molar-refractivity contribution is 5.86. The standard InChI is InChI=1S/C19H14N4/c1-13-7-6-10-16-17(13)23-19(15-9-3-5-12-21-15)18(22-16)14-8-2-4-11-20-14/h2-12H,1H3. The van der Waals surface area contributed by atoms with Crippen molar-refractivity contribution in [3.63, 3.8) is 0 Å². The van der Waals surface area contributed by atoms with E-state index < -0.39 is 0 Å². The molecule has 0 aliphatic carbocycles. The molecular formula is C19H14N4. The van der Waals surface area contributed by atoms with Crippen molar-refractivity contribution >= 4 is 11.0 Å². The maximum Gasteiger partial charge on any atom is 0.117 e. The largest absolute Gasteiger partial charge is 0.255 e. The third-order valence-corrected chi connectivity index (χ3v) is 3.71. The van der Waals surface area contributed by atoms with Crippen LogP contribution in [-0.4, -0.2) is 19.9 Å². The number of aromatic nitrogens is 4. The molecular weight excluding hydrogens is 284 g/mol. The van der Waals surface area contributed by atoms with E-state index in [2.05, 4.69) is 9.97 Å². The SMILES string of the molecule is Cc1cccc2nc(-c3ccccn3)c(-c3ccccn3)nc12. The number of pyridine rings is 2. The summed E-state index contributed by atoms with van der Waals surface area (Å²) in [5.74, 6) is 0. The zero-order chi connectivity index (χ0) is 15.6. The Morgan fingerprint density at radius 2 is 1.30 bits per heavy atom. The summed E-state index contributed by atoms with van der Waals surface area (Å²) in [7, 11) is 0. The van der Waals surface area contributed by atoms with Crippen LogP contribution in [0, 0.1) is 6.92 Å². The Bertz CT molecular complexity index is 966. The van der Waals surface area contributed by atoms with Gasteiger partial charge in [-0.2, -0.15) is 0 Å². The van der Waals surface area contributed by atoms with Crippen LogP contribution in [0.3, 0.4) is 0 Å². The quantitative estimate of drug-likeness (QED) is 0.560. The summed E-state index contributed by atoms with van der Waals surface area (Å²) in [6.45, 7) is 2.04. The summed E-state index contributed by atoms with van der Waals surface area (Å²) < 4.78 is 0. The minimum absolute atomic E-state index is 0.752. The van der Waals surface area contributed by atoms with Crippen LogP contribution in [-0.2, 0) is 0 Å². The number of fused-ring (bicyclic) bond motifs is 1. The van der Waals surface area contributed by atoms with Crippen LogP contribution in [0.25, 0.3) is 33.8 Å². The lowest BCUT2D eigenvalue weighted by atomic mass is 10.1. The second-order valence-corrected chi connectivity index (χ2v) is 5.29. The van der Waals surface area contributed by atoms with Crippen molar-refractivity contribution in [1.29, 1.82) is 0 Å². The Morgan fingerprint density at radius 1 is 0.652 bits per heavy atom. The molecule has 0 saturated heterocycles. The van der Waals surface area contributed by atoms with Crippen LogP contribution in [0.2, 0.25) is 0 Å². The fourth-order valence-electron chi connectivity index (χ4n) is 2.58.